The van der Waals surface area contributed by atoms with Crippen LogP contribution >= 0.6 is 0 Å². The van der Waals surface area contributed by atoms with Crippen LogP contribution in [0.25, 0.3) is 0 Å². The van der Waals surface area contributed by atoms with Gasteiger partial charge in [0.1, 0.15) is 5.75 Å². The van der Waals surface area contributed by atoms with Gasteiger partial charge in [-0.2, -0.15) is 0 Å². The van der Waals surface area contributed by atoms with Crippen molar-refractivity contribution in [3.8, 4) is 5.75 Å². The first-order valence-corrected chi connectivity index (χ1v) is 10.4. The van der Waals surface area contributed by atoms with Gasteiger partial charge in [0, 0.05) is 12.0 Å². The fourth-order valence-corrected chi connectivity index (χ4v) is 4.19. The van der Waals surface area contributed by atoms with Crippen LogP contribution in [0.2, 0.25) is 0 Å². The number of benzene rings is 3. The summed E-state index contributed by atoms with van der Waals surface area (Å²) in [6.07, 6.45) is 2.22. The summed E-state index contributed by atoms with van der Waals surface area (Å²) in [4.78, 5) is 0. The summed E-state index contributed by atoms with van der Waals surface area (Å²) in [5, 5.41) is 3.69. The molecule has 29 heavy (non-hydrogen) atoms. The van der Waals surface area contributed by atoms with Gasteiger partial charge in [-0.3, -0.25) is 0 Å². The van der Waals surface area contributed by atoms with Gasteiger partial charge in [0.25, 0.3) is 0 Å². The third-order valence-corrected chi connectivity index (χ3v) is 5.72. The molecule has 1 heterocycles. The molecule has 1 fully saturated rings. The first-order valence-electron chi connectivity index (χ1n) is 10.4. The number of hydrogen-bond acceptors (Lipinski definition) is 3. The van der Waals surface area contributed by atoms with Gasteiger partial charge in [-0.05, 0) is 48.2 Å². The van der Waals surface area contributed by atoms with E-state index < -0.39 is 0 Å². The molecule has 4 rings (SSSR count). The lowest BCUT2D eigenvalue weighted by atomic mass is 9.85. The molecule has 0 bridgehead atoms. The number of rotatable bonds is 8. The first kappa shape index (κ1) is 19.7. The zero-order chi connectivity index (χ0) is 19.9. The zero-order valence-corrected chi connectivity index (χ0v) is 17.0. The Bertz CT molecular complexity index is 825. The van der Waals surface area contributed by atoms with Gasteiger partial charge >= 0.3 is 0 Å². The van der Waals surface area contributed by atoms with E-state index in [0.717, 1.165) is 31.7 Å². The third-order valence-electron chi connectivity index (χ3n) is 5.72. The van der Waals surface area contributed by atoms with Gasteiger partial charge in [-0.25, -0.2) is 0 Å². The molecule has 150 valence electrons. The van der Waals surface area contributed by atoms with E-state index in [4.69, 9.17) is 9.47 Å². The summed E-state index contributed by atoms with van der Waals surface area (Å²) in [7, 11) is 1.70. The fraction of sp³-hybridized carbons (Fsp3) is 0.308. The van der Waals surface area contributed by atoms with Crippen LogP contribution in [0.5, 0.6) is 5.75 Å². The smallest absolute Gasteiger partial charge is 0.118 e. The van der Waals surface area contributed by atoms with Crippen molar-refractivity contribution in [3.63, 3.8) is 0 Å². The molecule has 0 spiro atoms. The highest BCUT2D eigenvalue weighted by molar-refractivity contribution is 5.34. The van der Waals surface area contributed by atoms with E-state index in [2.05, 4.69) is 78.1 Å². The highest BCUT2D eigenvalue weighted by Gasteiger charge is 2.33. The SMILES string of the molecule is COc1ccc(CCN[C@@H]2CO[C@H](C(c3ccccc3)c3ccccc3)C2)cc1. The number of ether oxygens (including phenoxy) is 2. The molecule has 1 aliphatic heterocycles. The van der Waals surface area contributed by atoms with Gasteiger partial charge in [0.05, 0.1) is 19.8 Å². The summed E-state index contributed by atoms with van der Waals surface area (Å²) < 4.78 is 11.5. The summed E-state index contributed by atoms with van der Waals surface area (Å²) in [6, 6.07) is 30.2. The minimum Gasteiger partial charge on any atom is -0.497 e. The molecule has 1 aliphatic rings. The Labute approximate surface area is 173 Å². The van der Waals surface area contributed by atoms with Gasteiger partial charge < -0.3 is 14.8 Å². The summed E-state index contributed by atoms with van der Waals surface area (Å²) >= 11 is 0. The average molecular weight is 388 g/mol. The second-order valence-corrected chi connectivity index (χ2v) is 7.66. The van der Waals surface area contributed by atoms with Crippen molar-refractivity contribution in [3.05, 3.63) is 102 Å². The van der Waals surface area contributed by atoms with Crippen molar-refractivity contribution in [1.82, 2.24) is 5.32 Å². The predicted octanol–water partition coefficient (Wildman–Crippen LogP) is 4.82. The monoisotopic (exact) mass is 387 g/mol. The van der Waals surface area contributed by atoms with E-state index in [-0.39, 0.29) is 12.0 Å². The lowest BCUT2D eigenvalue weighted by Gasteiger charge is -2.24. The van der Waals surface area contributed by atoms with Crippen LogP contribution < -0.4 is 10.1 Å². The van der Waals surface area contributed by atoms with E-state index in [1.807, 2.05) is 12.1 Å². The molecule has 3 aromatic carbocycles. The first-order chi connectivity index (χ1) is 14.3. The van der Waals surface area contributed by atoms with Crippen LogP contribution in [0.3, 0.4) is 0 Å². The Kier molecular flexibility index (Phi) is 6.60. The van der Waals surface area contributed by atoms with Gasteiger partial charge in [0.15, 0.2) is 0 Å². The van der Waals surface area contributed by atoms with E-state index in [0.29, 0.717) is 6.04 Å². The Hall–Kier alpha value is -2.62. The van der Waals surface area contributed by atoms with Crippen LogP contribution in [0.1, 0.15) is 29.0 Å². The Morgan fingerprint density at radius 2 is 1.52 bits per heavy atom. The number of methoxy groups -OCH3 is 1. The van der Waals surface area contributed by atoms with E-state index in [1.165, 1.54) is 16.7 Å². The standard InChI is InChI=1S/C26H29NO2/c1-28-24-14-12-20(13-15-24)16-17-27-23-18-25(29-19-23)26(21-8-4-2-5-9-21)22-10-6-3-7-11-22/h2-15,23,25-27H,16-19H2,1H3/t23-,25-/m0/s1. The van der Waals surface area contributed by atoms with Gasteiger partial charge in [-0.1, -0.05) is 72.8 Å². The summed E-state index contributed by atoms with van der Waals surface area (Å²) in [5.41, 5.74) is 3.96. The van der Waals surface area contributed by atoms with Crippen LogP contribution in [0.4, 0.5) is 0 Å². The third kappa shape index (κ3) is 5.06. The van der Waals surface area contributed by atoms with Crippen molar-refractivity contribution < 1.29 is 9.47 Å². The van der Waals surface area contributed by atoms with Crippen LogP contribution in [-0.2, 0) is 11.2 Å². The van der Waals surface area contributed by atoms with E-state index in [1.54, 1.807) is 7.11 Å². The topological polar surface area (TPSA) is 30.5 Å². The van der Waals surface area contributed by atoms with E-state index >= 15 is 0 Å². The highest BCUT2D eigenvalue weighted by Crippen LogP contribution is 2.34. The summed E-state index contributed by atoms with van der Waals surface area (Å²) in [5.74, 6) is 1.17. The molecule has 2 atom stereocenters. The minimum absolute atomic E-state index is 0.193. The lowest BCUT2D eigenvalue weighted by Crippen LogP contribution is -2.31. The molecule has 3 heteroatoms. The molecule has 0 unspecified atom stereocenters. The predicted molar refractivity (Wildman–Crippen MR) is 118 cm³/mol. The van der Waals surface area contributed by atoms with Crippen LogP contribution in [0, 0.1) is 0 Å². The molecule has 1 saturated heterocycles. The quantitative estimate of drug-likeness (QED) is 0.601. The van der Waals surface area contributed by atoms with Crippen molar-refractivity contribution in [1.29, 1.82) is 0 Å². The summed E-state index contributed by atoms with van der Waals surface area (Å²) in [6.45, 7) is 1.72. The molecular weight excluding hydrogens is 358 g/mol. The molecule has 1 N–H and O–H groups in total. The van der Waals surface area contributed by atoms with Crippen molar-refractivity contribution in [2.45, 2.75) is 30.9 Å². The molecule has 0 aromatic heterocycles. The van der Waals surface area contributed by atoms with Gasteiger partial charge in [0.2, 0.25) is 0 Å². The Balaban J connectivity index is 1.36. The average Bonchev–Trinajstić information content (AvgIpc) is 3.24. The van der Waals surface area contributed by atoms with Crippen molar-refractivity contribution >= 4 is 0 Å². The Morgan fingerprint density at radius 3 is 2.10 bits per heavy atom. The normalized spacial score (nSPS) is 18.8. The van der Waals surface area contributed by atoms with Crippen LogP contribution in [-0.4, -0.2) is 32.4 Å². The molecule has 0 amide bonds. The molecule has 3 aromatic rings. The zero-order valence-electron chi connectivity index (χ0n) is 17.0. The maximum atomic E-state index is 6.29. The largest absolute Gasteiger partial charge is 0.497 e. The second-order valence-electron chi connectivity index (χ2n) is 7.66. The van der Waals surface area contributed by atoms with Gasteiger partial charge in [-0.15, -0.1) is 0 Å². The Morgan fingerprint density at radius 1 is 0.897 bits per heavy atom. The molecule has 0 radical (unpaired) electrons. The maximum absolute atomic E-state index is 6.29. The van der Waals surface area contributed by atoms with E-state index in [9.17, 15) is 0 Å². The molecule has 3 nitrogen and oxygen atoms in total. The van der Waals surface area contributed by atoms with Crippen molar-refractivity contribution in [2.75, 3.05) is 20.3 Å². The number of nitrogens with one attached hydrogen (secondary N) is 1. The lowest BCUT2D eigenvalue weighted by molar-refractivity contribution is 0.0960. The fourth-order valence-electron chi connectivity index (χ4n) is 4.19. The molecule has 0 saturated carbocycles. The van der Waals surface area contributed by atoms with Crippen LogP contribution in [0.15, 0.2) is 84.9 Å². The molecular formula is C26H29NO2. The van der Waals surface area contributed by atoms with Crippen molar-refractivity contribution in [2.24, 2.45) is 0 Å². The minimum atomic E-state index is 0.193. The maximum Gasteiger partial charge on any atom is 0.118 e. The molecule has 0 aliphatic carbocycles. The highest BCUT2D eigenvalue weighted by atomic mass is 16.5. The number of hydrogen-bond donors (Lipinski definition) is 1. The second kappa shape index (κ2) is 9.73.